The molecular weight excluding hydrogens is 226 g/mol. The maximum atomic E-state index is 5.78. The Hall–Kier alpha value is -1.06. The van der Waals surface area contributed by atoms with E-state index in [1.165, 1.54) is 6.42 Å². The molecule has 0 aliphatic heterocycles. The Morgan fingerprint density at radius 1 is 1.06 bits per heavy atom. The minimum absolute atomic E-state index is 0.572. The molecule has 0 saturated carbocycles. The first-order chi connectivity index (χ1) is 8.69. The van der Waals surface area contributed by atoms with Crippen LogP contribution in [0.3, 0.4) is 0 Å². The van der Waals surface area contributed by atoms with Crippen LogP contribution in [0.1, 0.15) is 36.5 Å². The molecule has 0 bridgehead atoms. The van der Waals surface area contributed by atoms with Crippen molar-refractivity contribution in [2.24, 2.45) is 5.73 Å². The standard InChI is InChI=1S/C15H25NO2/c1-4-5-6-17-7-8-18-15-12(2)9-14(11-16)10-13(15)3/h9-10H,4-8,11,16H2,1-3H3. The Labute approximate surface area is 110 Å². The molecule has 18 heavy (non-hydrogen) atoms. The van der Waals surface area contributed by atoms with E-state index in [4.69, 9.17) is 15.2 Å². The monoisotopic (exact) mass is 251 g/mol. The first kappa shape index (κ1) is 15.0. The lowest BCUT2D eigenvalue weighted by Gasteiger charge is -2.13. The Balaban J connectivity index is 2.42. The van der Waals surface area contributed by atoms with Crippen LogP contribution in [0.15, 0.2) is 12.1 Å². The fourth-order valence-electron chi connectivity index (χ4n) is 1.94. The van der Waals surface area contributed by atoms with Crippen molar-refractivity contribution < 1.29 is 9.47 Å². The zero-order chi connectivity index (χ0) is 13.4. The molecule has 1 aromatic rings. The second-order valence-corrected chi connectivity index (χ2v) is 4.58. The summed E-state index contributed by atoms with van der Waals surface area (Å²) in [4.78, 5) is 0. The molecule has 0 saturated heterocycles. The van der Waals surface area contributed by atoms with Gasteiger partial charge in [-0.05, 0) is 37.0 Å². The van der Waals surface area contributed by atoms with E-state index in [9.17, 15) is 0 Å². The molecule has 0 heterocycles. The van der Waals surface area contributed by atoms with Crippen LogP contribution in [0, 0.1) is 13.8 Å². The largest absolute Gasteiger partial charge is 0.491 e. The number of nitrogens with two attached hydrogens (primary N) is 1. The van der Waals surface area contributed by atoms with E-state index in [2.05, 4.69) is 32.9 Å². The van der Waals surface area contributed by atoms with Gasteiger partial charge in [0.05, 0.1) is 6.61 Å². The maximum absolute atomic E-state index is 5.78. The predicted molar refractivity (Wildman–Crippen MR) is 75.0 cm³/mol. The summed E-state index contributed by atoms with van der Waals surface area (Å²) in [7, 11) is 0. The molecule has 3 nitrogen and oxygen atoms in total. The van der Waals surface area contributed by atoms with Crippen molar-refractivity contribution in [3.63, 3.8) is 0 Å². The molecule has 0 atom stereocenters. The molecule has 0 radical (unpaired) electrons. The third kappa shape index (κ3) is 4.67. The van der Waals surface area contributed by atoms with Gasteiger partial charge in [-0.1, -0.05) is 25.5 Å². The Morgan fingerprint density at radius 3 is 2.28 bits per heavy atom. The second kappa shape index (κ2) is 8.11. The van der Waals surface area contributed by atoms with Gasteiger partial charge in [0.25, 0.3) is 0 Å². The summed E-state index contributed by atoms with van der Waals surface area (Å²) in [6, 6.07) is 4.17. The van der Waals surface area contributed by atoms with E-state index < -0.39 is 0 Å². The summed E-state index contributed by atoms with van der Waals surface area (Å²) in [6.07, 6.45) is 2.28. The van der Waals surface area contributed by atoms with E-state index >= 15 is 0 Å². The summed E-state index contributed by atoms with van der Waals surface area (Å²) < 4.78 is 11.3. The number of ether oxygens (including phenoxy) is 2. The van der Waals surface area contributed by atoms with Crippen molar-refractivity contribution in [3.8, 4) is 5.75 Å². The summed E-state index contributed by atoms with van der Waals surface area (Å²) in [5.41, 5.74) is 9.08. The van der Waals surface area contributed by atoms with Crippen LogP contribution in [0.5, 0.6) is 5.75 Å². The highest BCUT2D eigenvalue weighted by Gasteiger charge is 2.05. The van der Waals surface area contributed by atoms with E-state index in [1.54, 1.807) is 0 Å². The van der Waals surface area contributed by atoms with Gasteiger partial charge in [0.1, 0.15) is 12.4 Å². The minimum atomic E-state index is 0.572. The zero-order valence-electron chi connectivity index (χ0n) is 11.8. The van der Waals surface area contributed by atoms with E-state index in [0.29, 0.717) is 19.8 Å². The van der Waals surface area contributed by atoms with Gasteiger partial charge in [-0.3, -0.25) is 0 Å². The number of benzene rings is 1. The zero-order valence-corrected chi connectivity index (χ0v) is 11.8. The molecule has 2 N–H and O–H groups in total. The van der Waals surface area contributed by atoms with Gasteiger partial charge in [-0.25, -0.2) is 0 Å². The van der Waals surface area contributed by atoms with E-state index in [-0.39, 0.29) is 0 Å². The van der Waals surface area contributed by atoms with Crippen molar-refractivity contribution in [2.75, 3.05) is 19.8 Å². The van der Waals surface area contributed by atoms with Gasteiger partial charge in [-0.2, -0.15) is 0 Å². The van der Waals surface area contributed by atoms with Gasteiger partial charge in [0.2, 0.25) is 0 Å². The quantitative estimate of drug-likeness (QED) is 0.722. The number of rotatable bonds is 8. The van der Waals surface area contributed by atoms with Crippen LogP contribution >= 0.6 is 0 Å². The van der Waals surface area contributed by atoms with Crippen LogP contribution < -0.4 is 10.5 Å². The SMILES string of the molecule is CCCCOCCOc1c(C)cc(CN)cc1C. The fourth-order valence-corrected chi connectivity index (χ4v) is 1.94. The van der Waals surface area contributed by atoms with Crippen molar-refractivity contribution in [1.82, 2.24) is 0 Å². The normalized spacial score (nSPS) is 10.7. The van der Waals surface area contributed by atoms with Crippen LogP contribution in [0.4, 0.5) is 0 Å². The topological polar surface area (TPSA) is 44.5 Å². The van der Waals surface area contributed by atoms with Gasteiger partial charge < -0.3 is 15.2 Å². The molecule has 102 valence electrons. The van der Waals surface area contributed by atoms with Gasteiger partial charge in [0.15, 0.2) is 0 Å². The number of unbranched alkanes of at least 4 members (excludes halogenated alkanes) is 1. The Bertz CT molecular complexity index is 341. The third-order valence-electron chi connectivity index (χ3n) is 2.87. The summed E-state index contributed by atoms with van der Waals surface area (Å²) in [5, 5.41) is 0. The average Bonchev–Trinajstić information content (AvgIpc) is 2.35. The van der Waals surface area contributed by atoms with Gasteiger partial charge in [0, 0.05) is 13.2 Å². The molecule has 3 heteroatoms. The van der Waals surface area contributed by atoms with E-state index in [1.807, 2.05) is 0 Å². The lowest BCUT2D eigenvalue weighted by molar-refractivity contribution is 0.0976. The lowest BCUT2D eigenvalue weighted by atomic mass is 10.1. The summed E-state index contributed by atoms with van der Waals surface area (Å²) in [5.74, 6) is 0.964. The van der Waals surface area contributed by atoms with Crippen LogP contribution in [-0.4, -0.2) is 19.8 Å². The highest BCUT2D eigenvalue weighted by molar-refractivity contribution is 5.43. The predicted octanol–water partition coefficient (Wildman–Crippen LogP) is 2.96. The Kier molecular flexibility index (Phi) is 6.76. The molecule has 0 aliphatic rings. The second-order valence-electron chi connectivity index (χ2n) is 4.58. The highest BCUT2D eigenvalue weighted by Crippen LogP contribution is 2.24. The first-order valence-corrected chi connectivity index (χ1v) is 6.69. The maximum Gasteiger partial charge on any atom is 0.125 e. The van der Waals surface area contributed by atoms with Gasteiger partial charge in [-0.15, -0.1) is 0 Å². The number of hydrogen-bond donors (Lipinski definition) is 1. The van der Waals surface area contributed by atoms with Gasteiger partial charge >= 0.3 is 0 Å². The highest BCUT2D eigenvalue weighted by atomic mass is 16.5. The summed E-state index contributed by atoms with van der Waals surface area (Å²) >= 11 is 0. The molecule has 0 fully saturated rings. The van der Waals surface area contributed by atoms with Crippen molar-refractivity contribution in [3.05, 3.63) is 28.8 Å². The minimum Gasteiger partial charge on any atom is -0.491 e. The van der Waals surface area contributed by atoms with Crippen molar-refractivity contribution >= 4 is 0 Å². The summed E-state index contributed by atoms with van der Waals surface area (Å²) in [6.45, 7) is 8.92. The third-order valence-corrected chi connectivity index (χ3v) is 2.87. The fraction of sp³-hybridized carbons (Fsp3) is 0.600. The van der Waals surface area contributed by atoms with Crippen molar-refractivity contribution in [2.45, 2.75) is 40.2 Å². The van der Waals surface area contributed by atoms with Crippen LogP contribution in [-0.2, 0) is 11.3 Å². The molecule has 1 aromatic carbocycles. The molecule has 0 spiro atoms. The smallest absolute Gasteiger partial charge is 0.125 e. The average molecular weight is 251 g/mol. The van der Waals surface area contributed by atoms with Crippen molar-refractivity contribution in [1.29, 1.82) is 0 Å². The molecular formula is C15H25NO2. The van der Waals surface area contributed by atoms with Crippen LogP contribution in [0.2, 0.25) is 0 Å². The molecule has 0 unspecified atom stereocenters. The molecule has 0 aromatic heterocycles. The van der Waals surface area contributed by atoms with Crippen LogP contribution in [0.25, 0.3) is 0 Å². The molecule has 1 rings (SSSR count). The number of hydrogen-bond acceptors (Lipinski definition) is 3. The molecule has 0 aliphatic carbocycles. The number of aryl methyl sites for hydroxylation is 2. The Morgan fingerprint density at radius 2 is 1.72 bits per heavy atom. The molecule has 0 amide bonds. The van der Waals surface area contributed by atoms with E-state index in [0.717, 1.165) is 35.5 Å². The first-order valence-electron chi connectivity index (χ1n) is 6.69. The lowest BCUT2D eigenvalue weighted by Crippen LogP contribution is -2.09.